The smallest absolute Gasteiger partial charge is 0.226 e. The Bertz CT molecular complexity index is 1840. The first-order chi connectivity index (χ1) is 18.4. The van der Waals surface area contributed by atoms with E-state index in [4.69, 9.17) is 0 Å². The van der Waals surface area contributed by atoms with E-state index in [1.807, 2.05) is 0 Å². The van der Waals surface area contributed by atoms with Crippen molar-refractivity contribution in [3.63, 3.8) is 0 Å². The third-order valence-electron chi connectivity index (χ3n) is 6.24. The Kier molecular flexibility index (Phi) is 5.64. The molecule has 0 aliphatic rings. The summed E-state index contributed by atoms with van der Waals surface area (Å²) in [5.41, 5.74) is 4.14. The number of anilines is 1. The van der Waals surface area contributed by atoms with Crippen molar-refractivity contribution in [1.29, 1.82) is 0 Å². The third-order valence-corrected chi connectivity index (χ3v) is 6.24. The number of aromatic amines is 2. The van der Waals surface area contributed by atoms with Crippen molar-refractivity contribution >= 4 is 33.5 Å². The molecule has 1 amide bonds. The summed E-state index contributed by atoms with van der Waals surface area (Å²) in [5.74, 6) is -0.867. The van der Waals surface area contributed by atoms with Crippen LogP contribution in [0.4, 0.5) is 14.5 Å². The van der Waals surface area contributed by atoms with Crippen LogP contribution in [0.15, 0.2) is 67.1 Å². The third kappa shape index (κ3) is 4.05. The lowest BCUT2D eigenvalue weighted by molar-refractivity contribution is -0.118. The lowest BCUT2D eigenvalue weighted by Crippen LogP contribution is -2.17. The summed E-state index contributed by atoms with van der Waals surface area (Å²) in [6.45, 7) is 3.59. The SMILES string of the molecule is CC(C)C(=O)Nc1cncc(-c2cc(F)c3n[nH]c(-c4nc5c(-c6ccccc6F)nccc5[nH]4)c3c2)c1. The van der Waals surface area contributed by atoms with Gasteiger partial charge in [-0.1, -0.05) is 26.0 Å². The van der Waals surface area contributed by atoms with Gasteiger partial charge in [-0.15, -0.1) is 0 Å². The Morgan fingerprint density at radius 3 is 2.63 bits per heavy atom. The number of hydrogen-bond acceptors (Lipinski definition) is 5. The van der Waals surface area contributed by atoms with E-state index in [9.17, 15) is 9.18 Å². The lowest BCUT2D eigenvalue weighted by Gasteiger charge is -2.09. The second-order valence-corrected chi connectivity index (χ2v) is 9.18. The maximum atomic E-state index is 15.2. The van der Waals surface area contributed by atoms with Crippen LogP contribution in [0.2, 0.25) is 0 Å². The van der Waals surface area contributed by atoms with Gasteiger partial charge in [0, 0.05) is 34.8 Å². The first-order valence-corrected chi connectivity index (χ1v) is 11.9. The van der Waals surface area contributed by atoms with Crippen molar-refractivity contribution in [3.8, 4) is 33.9 Å². The molecule has 0 saturated carbocycles. The highest BCUT2D eigenvalue weighted by Gasteiger charge is 2.19. The van der Waals surface area contributed by atoms with Crippen LogP contribution in [0, 0.1) is 17.6 Å². The number of benzene rings is 2. The van der Waals surface area contributed by atoms with Gasteiger partial charge in [0.2, 0.25) is 5.91 Å². The number of aromatic nitrogens is 6. The number of hydrogen-bond donors (Lipinski definition) is 3. The van der Waals surface area contributed by atoms with Gasteiger partial charge in [-0.25, -0.2) is 13.8 Å². The summed E-state index contributed by atoms with van der Waals surface area (Å²) >= 11 is 0. The molecule has 4 aromatic heterocycles. The zero-order valence-corrected chi connectivity index (χ0v) is 20.4. The molecule has 6 aromatic rings. The van der Waals surface area contributed by atoms with Crippen LogP contribution in [-0.2, 0) is 4.79 Å². The van der Waals surface area contributed by atoms with Crippen molar-refractivity contribution in [3.05, 3.63) is 78.8 Å². The van der Waals surface area contributed by atoms with Crippen LogP contribution < -0.4 is 5.32 Å². The van der Waals surface area contributed by atoms with Gasteiger partial charge in [-0.3, -0.25) is 19.9 Å². The monoisotopic (exact) mass is 509 g/mol. The molecule has 0 unspecified atom stereocenters. The minimum absolute atomic E-state index is 0.142. The predicted octanol–water partition coefficient (Wildman–Crippen LogP) is 6.10. The van der Waals surface area contributed by atoms with Gasteiger partial charge in [0.25, 0.3) is 0 Å². The second-order valence-electron chi connectivity index (χ2n) is 9.18. The van der Waals surface area contributed by atoms with Crippen molar-refractivity contribution in [2.45, 2.75) is 13.8 Å². The molecule has 8 nitrogen and oxygen atoms in total. The average molecular weight is 510 g/mol. The van der Waals surface area contributed by atoms with Gasteiger partial charge in [0.1, 0.15) is 28.2 Å². The van der Waals surface area contributed by atoms with Gasteiger partial charge in [0.05, 0.1) is 17.4 Å². The minimum atomic E-state index is -0.526. The van der Waals surface area contributed by atoms with Crippen molar-refractivity contribution < 1.29 is 13.6 Å². The zero-order valence-electron chi connectivity index (χ0n) is 20.4. The molecule has 2 aromatic carbocycles. The Balaban J connectivity index is 1.45. The number of carbonyl (C=O) groups excluding carboxylic acids is 1. The second kappa shape index (κ2) is 9.15. The highest BCUT2D eigenvalue weighted by Crippen LogP contribution is 2.34. The molecule has 0 aliphatic heterocycles. The largest absolute Gasteiger partial charge is 0.337 e. The van der Waals surface area contributed by atoms with Gasteiger partial charge in [-0.2, -0.15) is 5.10 Å². The zero-order chi connectivity index (χ0) is 26.4. The number of nitrogens with zero attached hydrogens (tertiary/aromatic N) is 4. The van der Waals surface area contributed by atoms with Crippen molar-refractivity contribution in [2.24, 2.45) is 5.92 Å². The molecule has 3 N–H and O–H groups in total. The van der Waals surface area contributed by atoms with Crippen molar-refractivity contribution in [1.82, 2.24) is 30.1 Å². The van der Waals surface area contributed by atoms with Crippen LogP contribution >= 0.6 is 0 Å². The average Bonchev–Trinajstić information content (AvgIpc) is 3.53. The first kappa shape index (κ1) is 23.4. The van der Waals surface area contributed by atoms with E-state index in [2.05, 4.69) is 35.5 Å². The number of nitrogens with one attached hydrogen (secondary N) is 3. The van der Waals surface area contributed by atoms with E-state index >= 15 is 4.39 Å². The fraction of sp³-hybridized carbons (Fsp3) is 0.107. The fourth-order valence-corrected chi connectivity index (χ4v) is 4.28. The Morgan fingerprint density at radius 1 is 0.974 bits per heavy atom. The van der Waals surface area contributed by atoms with E-state index in [1.54, 1.807) is 62.6 Å². The molecular weight excluding hydrogens is 488 g/mol. The first-order valence-electron chi connectivity index (χ1n) is 11.9. The molecule has 188 valence electrons. The van der Waals surface area contributed by atoms with E-state index in [1.165, 1.54) is 18.3 Å². The number of H-pyrrole nitrogens is 2. The Morgan fingerprint density at radius 2 is 1.82 bits per heavy atom. The van der Waals surface area contributed by atoms with Gasteiger partial charge in [0.15, 0.2) is 11.6 Å². The summed E-state index contributed by atoms with van der Waals surface area (Å²) in [4.78, 5) is 28.6. The summed E-state index contributed by atoms with van der Waals surface area (Å²) in [6.07, 6.45) is 4.71. The molecule has 6 rings (SSSR count). The molecule has 0 aliphatic carbocycles. The van der Waals surface area contributed by atoms with Crippen LogP contribution in [0.3, 0.4) is 0 Å². The highest BCUT2D eigenvalue weighted by atomic mass is 19.1. The maximum absolute atomic E-state index is 15.2. The highest BCUT2D eigenvalue weighted by molar-refractivity contribution is 5.98. The van der Waals surface area contributed by atoms with Gasteiger partial charge < -0.3 is 10.3 Å². The van der Waals surface area contributed by atoms with Crippen LogP contribution in [0.25, 0.3) is 55.8 Å². The van der Waals surface area contributed by atoms with E-state index in [-0.39, 0.29) is 17.3 Å². The molecule has 10 heteroatoms. The van der Waals surface area contributed by atoms with Gasteiger partial charge in [-0.05, 0) is 42.0 Å². The minimum Gasteiger partial charge on any atom is -0.337 e. The fourth-order valence-electron chi connectivity index (χ4n) is 4.28. The van der Waals surface area contributed by atoms with E-state index in [0.29, 0.717) is 56.0 Å². The Labute approximate surface area is 215 Å². The molecule has 4 heterocycles. The number of rotatable bonds is 5. The molecule has 0 atom stereocenters. The number of amides is 1. The van der Waals surface area contributed by atoms with Gasteiger partial charge >= 0.3 is 0 Å². The number of fused-ring (bicyclic) bond motifs is 2. The molecule has 0 bridgehead atoms. The van der Waals surface area contributed by atoms with E-state index in [0.717, 1.165) is 0 Å². The molecule has 0 saturated heterocycles. The molecule has 0 radical (unpaired) electrons. The van der Waals surface area contributed by atoms with Crippen LogP contribution in [0.5, 0.6) is 0 Å². The summed E-state index contributed by atoms with van der Waals surface area (Å²) in [6, 6.07) is 13.0. The lowest BCUT2D eigenvalue weighted by atomic mass is 10.0. The number of imidazole rings is 1. The normalized spacial score (nSPS) is 11.5. The number of carbonyl (C=O) groups is 1. The topological polar surface area (TPSA) is 112 Å². The number of halogens is 2. The quantitative estimate of drug-likeness (QED) is 0.260. The Hall–Kier alpha value is -4.99. The van der Waals surface area contributed by atoms with Crippen molar-refractivity contribution in [2.75, 3.05) is 5.32 Å². The molecule has 0 fully saturated rings. The van der Waals surface area contributed by atoms with Crippen LogP contribution in [0.1, 0.15) is 13.8 Å². The summed E-state index contributed by atoms with van der Waals surface area (Å²) in [5, 5.41) is 10.4. The molecular formula is C28H21F2N7O. The standard InChI is InChI=1S/C28H21F2N7O/c1-14(2)28(38)33-17-9-16(12-31-13-17)15-10-19-23(21(30)11-15)36-37-25(19)27-34-22-7-8-32-24(26(22)35-27)18-5-3-4-6-20(18)29/h3-14H,1-2H3,(H,33,38)(H,34,35)(H,36,37). The molecule has 38 heavy (non-hydrogen) atoms. The van der Waals surface area contributed by atoms with E-state index < -0.39 is 11.6 Å². The maximum Gasteiger partial charge on any atom is 0.226 e. The summed E-state index contributed by atoms with van der Waals surface area (Å²) < 4.78 is 29.7. The summed E-state index contributed by atoms with van der Waals surface area (Å²) in [7, 11) is 0. The van der Waals surface area contributed by atoms with Crippen LogP contribution in [-0.4, -0.2) is 36.0 Å². The molecule has 0 spiro atoms. The predicted molar refractivity (Wildman–Crippen MR) is 141 cm³/mol. The number of pyridine rings is 2.